The van der Waals surface area contributed by atoms with Crippen molar-refractivity contribution in [3.63, 3.8) is 0 Å². The molecule has 0 spiro atoms. The van der Waals surface area contributed by atoms with Gasteiger partial charge < -0.3 is 5.73 Å². The quantitative estimate of drug-likeness (QED) is 0.864. The van der Waals surface area contributed by atoms with E-state index < -0.39 is 0 Å². The zero-order valence-corrected chi connectivity index (χ0v) is 13.4. The third kappa shape index (κ3) is 3.08. The van der Waals surface area contributed by atoms with E-state index in [2.05, 4.69) is 31.2 Å². The number of fused-ring (bicyclic) bond motifs is 1. The molecule has 0 saturated heterocycles. The van der Waals surface area contributed by atoms with Gasteiger partial charge in [-0.15, -0.1) is 23.1 Å². The lowest BCUT2D eigenvalue weighted by molar-refractivity contribution is 0.553. The number of benzene rings is 1. The van der Waals surface area contributed by atoms with Gasteiger partial charge in [-0.1, -0.05) is 17.7 Å². The first-order valence-electron chi connectivity index (χ1n) is 7.14. The van der Waals surface area contributed by atoms with Crippen LogP contribution in [0.15, 0.2) is 29.2 Å². The first-order chi connectivity index (χ1) is 9.76. The minimum Gasteiger partial charge on any atom is -0.330 e. The van der Waals surface area contributed by atoms with Gasteiger partial charge in [0, 0.05) is 22.2 Å². The minimum absolute atomic E-state index is 0.493. The van der Waals surface area contributed by atoms with Gasteiger partial charge in [-0.3, -0.25) is 0 Å². The molecule has 2 aromatic rings. The number of aromatic nitrogens is 1. The van der Waals surface area contributed by atoms with Crippen LogP contribution in [0.4, 0.5) is 0 Å². The SMILES string of the molecule is Cc1cccc(SCc2nc3c(s2)CCCC3CN)c1. The third-order valence-corrected chi connectivity index (χ3v) is 6.07. The molecule has 1 aliphatic rings. The van der Waals surface area contributed by atoms with Crippen molar-refractivity contribution in [3.8, 4) is 0 Å². The molecule has 0 bridgehead atoms. The molecule has 3 rings (SSSR count). The summed E-state index contributed by atoms with van der Waals surface area (Å²) in [5.74, 6) is 1.46. The lowest BCUT2D eigenvalue weighted by atomic mass is 9.91. The number of thioether (sulfide) groups is 1. The van der Waals surface area contributed by atoms with Gasteiger partial charge >= 0.3 is 0 Å². The molecule has 4 heteroatoms. The number of thiazole rings is 1. The number of hydrogen-bond donors (Lipinski definition) is 1. The molecule has 1 heterocycles. The van der Waals surface area contributed by atoms with E-state index in [1.165, 1.54) is 45.3 Å². The Morgan fingerprint density at radius 2 is 2.35 bits per heavy atom. The predicted molar refractivity (Wildman–Crippen MR) is 87.6 cm³/mol. The highest BCUT2D eigenvalue weighted by molar-refractivity contribution is 7.98. The second kappa shape index (κ2) is 6.29. The molecule has 1 aromatic heterocycles. The fourth-order valence-corrected chi connectivity index (χ4v) is 4.90. The summed E-state index contributed by atoms with van der Waals surface area (Å²) < 4.78 is 0. The molecule has 1 aromatic carbocycles. The Labute approximate surface area is 128 Å². The van der Waals surface area contributed by atoms with Crippen molar-refractivity contribution in [2.75, 3.05) is 6.54 Å². The van der Waals surface area contributed by atoms with Crippen molar-refractivity contribution in [2.45, 2.75) is 42.8 Å². The average Bonchev–Trinajstić information content (AvgIpc) is 2.88. The van der Waals surface area contributed by atoms with E-state index in [9.17, 15) is 0 Å². The zero-order chi connectivity index (χ0) is 13.9. The highest BCUT2D eigenvalue weighted by Crippen LogP contribution is 2.36. The van der Waals surface area contributed by atoms with Crippen LogP contribution in [0.2, 0.25) is 0 Å². The van der Waals surface area contributed by atoms with E-state index in [4.69, 9.17) is 10.7 Å². The van der Waals surface area contributed by atoms with Gasteiger partial charge in [0.15, 0.2) is 0 Å². The Hall–Kier alpha value is -0.840. The number of rotatable bonds is 4. The fourth-order valence-electron chi connectivity index (χ4n) is 2.70. The Bertz CT molecular complexity index is 592. The van der Waals surface area contributed by atoms with E-state index in [0.29, 0.717) is 5.92 Å². The Morgan fingerprint density at radius 1 is 1.45 bits per heavy atom. The van der Waals surface area contributed by atoms with Crippen LogP contribution in [0.5, 0.6) is 0 Å². The van der Waals surface area contributed by atoms with Crippen LogP contribution in [0.1, 0.15) is 39.9 Å². The van der Waals surface area contributed by atoms with Crippen molar-refractivity contribution in [3.05, 3.63) is 45.4 Å². The van der Waals surface area contributed by atoms with E-state index in [1.54, 1.807) is 0 Å². The first-order valence-corrected chi connectivity index (χ1v) is 8.94. The molecule has 0 aliphatic heterocycles. The molecular formula is C16H20N2S2. The normalized spacial score (nSPS) is 18.0. The Balaban J connectivity index is 1.71. The van der Waals surface area contributed by atoms with Gasteiger partial charge in [-0.05, 0) is 38.3 Å². The molecule has 2 N–H and O–H groups in total. The molecule has 0 amide bonds. The molecule has 0 fully saturated rings. The largest absolute Gasteiger partial charge is 0.330 e. The highest BCUT2D eigenvalue weighted by atomic mass is 32.2. The van der Waals surface area contributed by atoms with Crippen molar-refractivity contribution in [2.24, 2.45) is 5.73 Å². The van der Waals surface area contributed by atoms with Gasteiger partial charge in [0.1, 0.15) is 5.01 Å². The minimum atomic E-state index is 0.493. The molecule has 2 nitrogen and oxygen atoms in total. The summed E-state index contributed by atoms with van der Waals surface area (Å²) in [7, 11) is 0. The lowest BCUT2D eigenvalue weighted by Gasteiger charge is -2.18. The summed E-state index contributed by atoms with van der Waals surface area (Å²) in [5.41, 5.74) is 8.48. The highest BCUT2D eigenvalue weighted by Gasteiger charge is 2.23. The molecule has 0 saturated carbocycles. The summed E-state index contributed by atoms with van der Waals surface area (Å²) in [6.45, 7) is 2.87. The van der Waals surface area contributed by atoms with E-state index in [-0.39, 0.29) is 0 Å². The van der Waals surface area contributed by atoms with Gasteiger partial charge in [0.05, 0.1) is 11.4 Å². The van der Waals surface area contributed by atoms with Gasteiger partial charge in [0.25, 0.3) is 0 Å². The Morgan fingerprint density at radius 3 is 3.15 bits per heavy atom. The second-order valence-electron chi connectivity index (χ2n) is 5.35. The van der Waals surface area contributed by atoms with Crippen LogP contribution >= 0.6 is 23.1 Å². The molecule has 106 valence electrons. The van der Waals surface area contributed by atoms with Crippen molar-refractivity contribution < 1.29 is 0 Å². The molecule has 1 aliphatic carbocycles. The van der Waals surface area contributed by atoms with Crippen LogP contribution in [0, 0.1) is 6.92 Å². The first kappa shape index (κ1) is 14.1. The Kier molecular flexibility index (Phi) is 4.44. The van der Waals surface area contributed by atoms with E-state index in [0.717, 1.165) is 12.3 Å². The number of nitrogens with zero attached hydrogens (tertiary/aromatic N) is 1. The maximum absolute atomic E-state index is 5.87. The monoisotopic (exact) mass is 304 g/mol. The van der Waals surface area contributed by atoms with Crippen molar-refractivity contribution >= 4 is 23.1 Å². The van der Waals surface area contributed by atoms with Crippen LogP contribution in [0.25, 0.3) is 0 Å². The standard InChI is InChI=1S/C16H20N2S2/c1-11-4-2-6-13(8-11)19-10-15-18-16-12(9-17)5-3-7-14(16)20-15/h2,4,6,8,12H,3,5,7,9-10,17H2,1H3. The zero-order valence-electron chi connectivity index (χ0n) is 11.8. The number of hydrogen-bond acceptors (Lipinski definition) is 4. The third-order valence-electron chi connectivity index (χ3n) is 3.75. The van der Waals surface area contributed by atoms with E-state index >= 15 is 0 Å². The second-order valence-corrected chi connectivity index (χ2v) is 7.56. The van der Waals surface area contributed by atoms with Crippen LogP contribution < -0.4 is 5.73 Å². The van der Waals surface area contributed by atoms with Crippen LogP contribution in [0.3, 0.4) is 0 Å². The fraction of sp³-hybridized carbons (Fsp3) is 0.438. The van der Waals surface area contributed by atoms with Crippen molar-refractivity contribution in [1.82, 2.24) is 4.98 Å². The summed E-state index contributed by atoms with van der Waals surface area (Å²) in [6.07, 6.45) is 3.66. The lowest BCUT2D eigenvalue weighted by Crippen LogP contribution is -2.17. The smallest absolute Gasteiger partial charge is 0.103 e. The summed E-state index contributed by atoms with van der Waals surface area (Å²) in [5, 5.41) is 1.25. The van der Waals surface area contributed by atoms with Crippen molar-refractivity contribution in [1.29, 1.82) is 0 Å². The summed E-state index contributed by atoms with van der Waals surface area (Å²) in [6, 6.07) is 8.67. The van der Waals surface area contributed by atoms with E-state index in [1.807, 2.05) is 23.1 Å². The topological polar surface area (TPSA) is 38.9 Å². The molecule has 0 radical (unpaired) electrons. The number of aryl methyl sites for hydroxylation is 2. The number of nitrogens with two attached hydrogens (primary N) is 1. The summed E-state index contributed by atoms with van der Waals surface area (Å²) in [4.78, 5) is 7.66. The molecule has 20 heavy (non-hydrogen) atoms. The summed E-state index contributed by atoms with van der Waals surface area (Å²) >= 11 is 3.77. The molecule has 1 unspecified atom stereocenters. The average molecular weight is 304 g/mol. The van der Waals surface area contributed by atoms with Crippen LogP contribution in [-0.4, -0.2) is 11.5 Å². The maximum atomic E-state index is 5.87. The van der Waals surface area contributed by atoms with Gasteiger partial charge in [-0.2, -0.15) is 0 Å². The maximum Gasteiger partial charge on any atom is 0.103 e. The van der Waals surface area contributed by atoms with Gasteiger partial charge in [-0.25, -0.2) is 4.98 Å². The van der Waals surface area contributed by atoms with Gasteiger partial charge in [0.2, 0.25) is 0 Å². The molecular weight excluding hydrogens is 284 g/mol. The molecule has 1 atom stereocenters. The predicted octanol–water partition coefficient (Wildman–Crippen LogP) is 4.12. The van der Waals surface area contributed by atoms with Crippen LogP contribution in [-0.2, 0) is 12.2 Å².